The molecule has 0 aliphatic carbocycles. The highest BCUT2D eigenvalue weighted by Gasteiger charge is 2.01. The number of ether oxygens (including phenoxy) is 1. The zero-order chi connectivity index (χ0) is 12.8. The Bertz CT molecular complexity index is 502. The van der Waals surface area contributed by atoms with Gasteiger partial charge in [-0.25, -0.2) is 0 Å². The van der Waals surface area contributed by atoms with Crippen molar-refractivity contribution in [3.63, 3.8) is 0 Å². The molecule has 2 aromatic rings. The molecule has 0 fully saturated rings. The molecule has 0 amide bonds. The third kappa shape index (κ3) is 3.47. The van der Waals surface area contributed by atoms with E-state index in [0.717, 1.165) is 28.9 Å². The molecule has 94 valence electrons. The van der Waals surface area contributed by atoms with Crippen LogP contribution in [0.1, 0.15) is 5.56 Å². The van der Waals surface area contributed by atoms with Gasteiger partial charge in [0, 0.05) is 30.7 Å². The van der Waals surface area contributed by atoms with Crippen molar-refractivity contribution in [1.82, 2.24) is 4.98 Å². The van der Waals surface area contributed by atoms with Crippen LogP contribution in [-0.4, -0.2) is 18.6 Å². The molecule has 1 heterocycles. The van der Waals surface area contributed by atoms with Crippen molar-refractivity contribution < 1.29 is 4.74 Å². The van der Waals surface area contributed by atoms with Crippen LogP contribution in [0.15, 0.2) is 47.2 Å². The molecule has 0 spiro atoms. The minimum Gasteiger partial charge on any atom is -0.495 e. The van der Waals surface area contributed by atoms with Crippen molar-refractivity contribution in [2.75, 3.05) is 19.0 Å². The summed E-state index contributed by atoms with van der Waals surface area (Å²) in [6.07, 6.45) is 4.63. The van der Waals surface area contributed by atoms with E-state index in [9.17, 15) is 0 Å². The number of nitrogens with one attached hydrogen (secondary N) is 1. The van der Waals surface area contributed by atoms with E-state index in [1.54, 1.807) is 13.3 Å². The predicted molar refractivity (Wildman–Crippen MR) is 77.1 cm³/mol. The molecule has 0 aliphatic heterocycles. The second kappa shape index (κ2) is 6.40. The van der Waals surface area contributed by atoms with Crippen LogP contribution in [0, 0.1) is 0 Å². The number of methoxy groups -OCH3 is 1. The van der Waals surface area contributed by atoms with Gasteiger partial charge in [-0.05, 0) is 46.1 Å². The zero-order valence-electron chi connectivity index (χ0n) is 10.2. The maximum Gasteiger partial charge on any atom is 0.135 e. The van der Waals surface area contributed by atoms with Gasteiger partial charge in [-0.15, -0.1) is 0 Å². The fourth-order valence-electron chi connectivity index (χ4n) is 1.67. The van der Waals surface area contributed by atoms with E-state index in [1.165, 1.54) is 5.56 Å². The standard InChI is InChI=1S/C14H15BrN2O/c1-18-14-9-12(4-5-13(14)15)17-8-6-11-3-2-7-16-10-11/h2-5,7,9-10,17H,6,8H2,1H3. The Morgan fingerprint density at radius 1 is 1.33 bits per heavy atom. The lowest BCUT2D eigenvalue weighted by Crippen LogP contribution is -2.05. The lowest BCUT2D eigenvalue weighted by molar-refractivity contribution is 0.412. The van der Waals surface area contributed by atoms with Crippen molar-refractivity contribution in [2.45, 2.75) is 6.42 Å². The summed E-state index contributed by atoms with van der Waals surface area (Å²) in [5.74, 6) is 0.835. The van der Waals surface area contributed by atoms with Crippen LogP contribution in [0.5, 0.6) is 5.75 Å². The van der Waals surface area contributed by atoms with Gasteiger partial charge in [0.15, 0.2) is 0 Å². The maximum atomic E-state index is 5.25. The van der Waals surface area contributed by atoms with Gasteiger partial charge >= 0.3 is 0 Å². The monoisotopic (exact) mass is 306 g/mol. The van der Waals surface area contributed by atoms with E-state index in [2.05, 4.69) is 32.3 Å². The molecule has 4 heteroatoms. The highest BCUT2D eigenvalue weighted by molar-refractivity contribution is 9.10. The number of aromatic nitrogens is 1. The summed E-state index contributed by atoms with van der Waals surface area (Å²) in [5.41, 5.74) is 2.29. The fraction of sp³-hybridized carbons (Fsp3) is 0.214. The minimum atomic E-state index is 0.835. The van der Waals surface area contributed by atoms with Crippen molar-refractivity contribution >= 4 is 21.6 Å². The average Bonchev–Trinajstić information content (AvgIpc) is 2.42. The summed E-state index contributed by atoms with van der Waals surface area (Å²) in [6.45, 7) is 0.872. The fourth-order valence-corrected chi connectivity index (χ4v) is 2.08. The van der Waals surface area contributed by atoms with Crippen molar-refractivity contribution in [1.29, 1.82) is 0 Å². The Hall–Kier alpha value is -1.55. The molecular weight excluding hydrogens is 292 g/mol. The molecule has 0 bridgehead atoms. The number of rotatable bonds is 5. The van der Waals surface area contributed by atoms with Crippen LogP contribution in [-0.2, 0) is 6.42 Å². The van der Waals surface area contributed by atoms with Gasteiger partial charge in [0.1, 0.15) is 5.75 Å². The van der Waals surface area contributed by atoms with E-state index in [1.807, 2.05) is 30.5 Å². The lowest BCUT2D eigenvalue weighted by atomic mass is 10.2. The smallest absolute Gasteiger partial charge is 0.135 e. The molecule has 1 aromatic carbocycles. The van der Waals surface area contributed by atoms with Gasteiger partial charge in [0.2, 0.25) is 0 Å². The molecule has 2 rings (SSSR count). The quantitative estimate of drug-likeness (QED) is 0.918. The van der Waals surface area contributed by atoms with Gasteiger partial charge in [-0.3, -0.25) is 4.98 Å². The van der Waals surface area contributed by atoms with Crippen LogP contribution < -0.4 is 10.1 Å². The molecule has 0 radical (unpaired) electrons. The number of halogens is 1. The summed E-state index contributed by atoms with van der Waals surface area (Å²) >= 11 is 3.43. The van der Waals surface area contributed by atoms with E-state index >= 15 is 0 Å². The zero-order valence-corrected chi connectivity index (χ0v) is 11.8. The number of pyridine rings is 1. The molecule has 1 N–H and O–H groups in total. The van der Waals surface area contributed by atoms with E-state index in [-0.39, 0.29) is 0 Å². The van der Waals surface area contributed by atoms with Crippen LogP contribution in [0.3, 0.4) is 0 Å². The van der Waals surface area contributed by atoms with Crippen LogP contribution in [0.4, 0.5) is 5.69 Å². The first-order chi connectivity index (χ1) is 8.79. The first-order valence-corrected chi connectivity index (χ1v) is 6.55. The summed E-state index contributed by atoms with van der Waals surface area (Å²) in [4.78, 5) is 4.10. The van der Waals surface area contributed by atoms with Gasteiger partial charge in [0.05, 0.1) is 11.6 Å². The summed E-state index contributed by atoms with van der Waals surface area (Å²) in [5, 5.41) is 3.37. The highest BCUT2D eigenvalue weighted by atomic mass is 79.9. The molecule has 0 saturated heterocycles. The maximum absolute atomic E-state index is 5.25. The normalized spacial score (nSPS) is 10.1. The molecule has 3 nitrogen and oxygen atoms in total. The first kappa shape index (κ1) is 12.9. The Morgan fingerprint density at radius 2 is 2.22 bits per heavy atom. The average molecular weight is 307 g/mol. The van der Waals surface area contributed by atoms with Crippen molar-refractivity contribution in [3.8, 4) is 5.75 Å². The number of anilines is 1. The molecule has 0 unspecified atom stereocenters. The molecule has 0 saturated carbocycles. The van der Waals surface area contributed by atoms with Crippen molar-refractivity contribution in [3.05, 3.63) is 52.8 Å². The van der Waals surface area contributed by atoms with Gasteiger partial charge < -0.3 is 10.1 Å². The van der Waals surface area contributed by atoms with E-state index in [0.29, 0.717) is 0 Å². The summed E-state index contributed by atoms with van der Waals surface area (Å²) in [6, 6.07) is 10.0. The highest BCUT2D eigenvalue weighted by Crippen LogP contribution is 2.27. The van der Waals surface area contributed by atoms with Gasteiger partial charge in [0.25, 0.3) is 0 Å². The van der Waals surface area contributed by atoms with Crippen LogP contribution in [0.2, 0.25) is 0 Å². The molecule has 0 atom stereocenters. The Balaban J connectivity index is 1.91. The number of benzene rings is 1. The topological polar surface area (TPSA) is 34.1 Å². The number of hydrogen-bond acceptors (Lipinski definition) is 3. The summed E-state index contributed by atoms with van der Waals surface area (Å²) in [7, 11) is 1.67. The van der Waals surface area contributed by atoms with Gasteiger partial charge in [-0.2, -0.15) is 0 Å². The van der Waals surface area contributed by atoms with Crippen LogP contribution in [0.25, 0.3) is 0 Å². The molecular formula is C14H15BrN2O. The molecule has 1 aromatic heterocycles. The second-order valence-electron chi connectivity index (χ2n) is 3.89. The Labute approximate surface area is 115 Å². The second-order valence-corrected chi connectivity index (χ2v) is 4.74. The van der Waals surface area contributed by atoms with Crippen molar-refractivity contribution in [2.24, 2.45) is 0 Å². The number of hydrogen-bond donors (Lipinski definition) is 1. The van der Waals surface area contributed by atoms with E-state index < -0.39 is 0 Å². The molecule has 0 aliphatic rings. The van der Waals surface area contributed by atoms with Crippen LogP contribution >= 0.6 is 15.9 Å². The predicted octanol–water partition coefficient (Wildman–Crippen LogP) is 3.51. The minimum absolute atomic E-state index is 0.835. The first-order valence-electron chi connectivity index (χ1n) is 5.76. The Kier molecular flexibility index (Phi) is 4.59. The third-order valence-electron chi connectivity index (χ3n) is 2.62. The largest absolute Gasteiger partial charge is 0.495 e. The SMILES string of the molecule is COc1cc(NCCc2cccnc2)ccc1Br. The van der Waals surface area contributed by atoms with Gasteiger partial charge in [-0.1, -0.05) is 6.07 Å². The Morgan fingerprint density at radius 3 is 2.94 bits per heavy atom. The lowest BCUT2D eigenvalue weighted by Gasteiger charge is -2.09. The van der Waals surface area contributed by atoms with E-state index in [4.69, 9.17) is 4.74 Å². The summed E-state index contributed by atoms with van der Waals surface area (Å²) < 4.78 is 6.21. The third-order valence-corrected chi connectivity index (χ3v) is 3.27. The number of nitrogens with zero attached hydrogens (tertiary/aromatic N) is 1. The molecule has 18 heavy (non-hydrogen) atoms.